The predicted octanol–water partition coefficient (Wildman–Crippen LogP) is -2.36. The van der Waals surface area contributed by atoms with Crippen LogP contribution < -0.4 is 32.7 Å². The minimum absolute atomic E-state index is 0.112. The molecular weight excluding hydrogens is 464 g/mol. The van der Waals surface area contributed by atoms with E-state index in [9.17, 15) is 28.8 Å². The first-order chi connectivity index (χ1) is 16.3. The first kappa shape index (κ1) is 31.7. The van der Waals surface area contributed by atoms with E-state index in [1.165, 1.54) is 6.92 Å². The van der Waals surface area contributed by atoms with E-state index in [4.69, 9.17) is 21.7 Å². The average molecular weight is 503 g/mol. The minimum Gasteiger partial charge on any atom is -0.481 e. The summed E-state index contributed by atoms with van der Waals surface area (Å²) < 4.78 is 0. The van der Waals surface area contributed by atoms with Crippen LogP contribution in [0.2, 0.25) is 0 Å². The Balaban J connectivity index is 5.30. The van der Waals surface area contributed by atoms with Gasteiger partial charge in [-0.1, -0.05) is 13.8 Å². The standard InChI is InChI=1S/C21H38N6O8/c1-11(2)17(27-19(33)13(23)7-8-15(28)29)21(35)26-14(6-4-5-9-22)20(34)25-12(3)18(32)24-10-16(30)31/h11-14,17H,4-10,22-23H2,1-3H3,(H,24,32)(H,25,34)(H,26,35)(H,27,33)(H,28,29)(H,30,31)/t12-,13-,14-,17-/m0/s1. The lowest BCUT2D eigenvalue weighted by Gasteiger charge is -2.27. The molecule has 0 radical (unpaired) electrons. The van der Waals surface area contributed by atoms with Gasteiger partial charge in [0.2, 0.25) is 23.6 Å². The van der Waals surface area contributed by atoms with Gasteiger partial charge < -0.3 is 42.9 Å². The Labute approximate surface area is 203 Å². The van der Waals surface area contributed by atoms with E-state index in [-0.39, 0.29) is 25.2 Å². The molecule has 0 fully saturated rings. The van der Waals surface area contributed by atoms with Crippen molar-refractivity contribution >= 4 is 35.6 Å². The zero-order valence-corrected chi connectivity index (χ0v) is 20.3. The van der Waals surface area contributed by atoms with Crippen molar-refractivity contribution in [2.45, 2.75) is 77.0 Å². The number of hydrogen-bond donors (Lipinski definition) is 8. The monoisotopic (exact) mass is 502 g/mol. The molecule has 0 aliphatic heterocycles. The second kappa shape index (κ2) is 16.4. The molecule has 0 aromatic rings. The van der Waals surface area contributed by atoms with E-state index >= 15 is 0 Å². The van der Waals surface area contributed by atoms with Crippen molar-refractivity contribution in [3.05, 3.63) is 0 Å². The Bertz CT molecular complexity index is 760. The fourth-order valence-corrected chi connectivity index (χ4v) is 2.92. The molecule has 4 amide bonds. The molecule has 0 saturated heterocycles. The number of rotatable bonds is 17. The average Bonchev–Trinajstić information content (AvgIpc) is 2.77. The van der Waals surface area contributed by atoms with E-state index < -0.39 is 66.3 Å². The molecule has 200 valence electrons. The predicted molar refractivity (Wildman–Crippen MR) is 125 cm³/mol. The van der Waals surface area contributed by atoms with Gasteiger partial charge in [0, 0.05) is 6.42 Å². The maximum atomic E-state index is 12.9. The van der Waals surface area contributed by atoms with Gasteiger partial charge in [-0.3, -0.25) is 28.8 Å². The van der Waals surface area contributed by atoms with Crippen LogP contribution in [0.4, 0.5) is 0 Å². The van der Waals surface area contributed by atoms with Gasteiger partial charge in [0.1, 0.15) is 24.7 Å². The molecular formula is C21H38N6O8. The molecule has 0 bridgehead atoms. The molecule has 10 N–H and O–H groups in total. The van der Waals surface area contributed by atoms with Gasteiger partial charge in [-0.15, -0.1) is 0 Å². The Morgan fingerprint density at radius 1 is 0.771 bits per heavy atom. The van der Waals surface area contributed by atoms with E-state index in [1.54, 1.807) is 13.8 Å². The van der Waals surface area contributed by atoms with Crippen molar-refractivity contribution in [3.8, 4) is 0 Å². The van der Waals surface area contributed by atoms with Crippen LogP contribution in [0.15, 0.2) is 0 Å². The Morgan fingerprint density at radius 2 is 1.40 bits per heavy atom. The summed E-state index contributed by atoms with van der Waals surface area (Å²) in [6, 6.07) is -4.31. The number of carbonyl (C=O) groups is 6. The van der Waals surface area contributed by atoms with Crippen molar-refractivity contribution in [3.63, 3.8) is 0 Å². The maximum Gasteiger partial charge on any atom is 0.322 e. The van der Waals surface area contributed by atoms with Crippen LogP contribution in [0.5, 0.6) is 0 Å². The molecule has 0 rings (SSSR count). The summed E-state index contributed by atoms with van der Waals surface area (Å²) in [6.07, 6.45) is 0.855. The maximum absolute atomic E-state index is 12.9. The van der Waals surface area contributed by atoms with Gasteiger partial charge in [-0.05, 0) is 45.1 Å². The summed E-state index contributed by atoms with van der Waals surface area (Å²) in [5.74, 6) is -5.48. The van der Waals surface area contributed by atoms with Crippen molar-refractivity contribution < 1.29 is 39.0 Å². The van der Waals surface area contributed by atoms with Crippen LogP contribution in [-0.4, -0.2) is 83.0 Å². The summed E-state index contributed by atoms with van der Waals surface area (Å²) in [7, 11) is 0. The summed E-state index contributed by atoms with van der Waals surface area (Å²) in [6.45, 7) is 4.47. The molecule has 0 spiro atoms. The van der Waals surface area contributed by atoms with Gasteiger partial charge in [0.15, 0.2) is 0 Å². The Morgan fingerprint density at radius 3 is 1.91 bits per heavy atom. The molecule has 0 aromatic carbocycles. The molecule has 0 unspecified atom stereocenters. The van der Waals surface area contributed by atoms with Crippen molar-refractivity contribution in [2.75, 3.05) is 13.1 Å². The molecule has 0 aliphatic rings. The highest BCUT2D eigenvalue weighted by Gasteiger charge is 2.31. The lowest BCUT2D eigenvalue weighted by Crippen LogP contribution is -2.58. The van der Waals surface area contributed by atoms with Gasteiger partial charge >= 0.3 is 11.9 Å². The number of amides is 4. The number of nitrogens with one attached hydrogen (secondary N) is 4. The molecule has 0 heterocycles. The Kier molecular flexibility index (Phi) is 14.9. The van der Waals surface area contributed by atoms with Gasteiger partial charge in [-0.2, -0.15) is 0 Å². The molecule has 14 heteroatoms. The van der Waals surface area contributed by atoms with Crippen molar-refractivity contribution in [2.24, 2.45) is 17.4 Å². The first-order valence-electron chi connectivity index (χ1n) is 11.4. The summed E-state index contributed by atoms with van der Waals surface area (Å²) in [5.41, 5.74) is 11.2. The molecule has 35 heavy (non-hydrogen) atoms. The quantitative estimate of drug-likeness (QED) is 0.0983. The molecule has 0 aromatic heterocycles. The smallest absolute Gasteiger partial charge is 0.322 e. The van der Waals surface area contributed by atoms with E-state index in [2.05, 4.69) is 21.3 Å². The van der Waals surface area contributed by atoms with Crippen LogP contribution in [-0.2, 0) is 28.8 Å². The SMILES string of the molecule is CC(C)[C@H](NC(=O)[C@@H](N)CCC(=O)O)C(=O)N[C@@H](CCCCN)C(=O)N[C@@H](C)C(=O)NCC(=O)O. The summed E-state index contributed by atoms with van der Waals surface area (Å²) in [4.78, 5) is 71.3. The number of carbonyl (C=O) groups excluding carboxylic acids is 4. The second-order valence-corrected chi connectivity index (χ2v) is 8.46. The highest BCUT2D eigenvalue weighted by Crippen LogP contribution is 2.07. The fraction of sp³-hybridized carbons (Fsp3) is 0.714. The molecule has 0 saturated carbocycles. The van der Waals surface area contributed by atoms with Crippen LogP contribution >= 0.6 is 0 Å². The lowest BCUT2D eigenvalue weighted by molar-refractivity contribution is -0.138. The van der Waals surface area contributed by atoms with Crippen LogP contribution in [0, 0.1) is 5.92 Å². The topological polar surface area (TPSA) is 243 Å². The zero-order valence-electron chi connectivity index (χ0n) is 20.3. The third-order valence-corrected chi connectivity index (χ3v) is 5.00. The lowest BCUT2D eigenvalue weighted by atomic mass is 10.0. The number of nitrogens with two attached hydrogens (primary N) is 2. The zero-order chi connectivity index (χ0) is 27.1. The largest absolute Gasteiger partial charge is 0.481 e. The van der Waals surface area contributed by atoms with Gasteiger partial charge in [0.05, 0.1) is 6.04 Å². The number of unbranched alkanes of at least 4 members (excludes halogenated alkanes) is 1. The van der Waals surface area contributed by atoms with Gasteiger partial charge in [0.25, 0.3) is 0 Å². The third kappa shape index (κ3) is 13.3. The number of aliphatic carboxylic acids is 2. The van der Waals surface area contributed by atoms with Crippen LogP contribution in [0.25, 0.3) is 0 Å². The fourth-order valence-electron chi connectivity index (χ4n) is 2.92. The van der Waals surface area contributed by atoms with E-state index in [0.29, 0.717) is 19.4 Å². The van der Waals surface area contributed by atoms with Crippen molar-refractivity contribution in [1.29, 1.82) is 0 Å². The number of carboxylic acids is 2. The second-order valence-electron chi connectivity index (χ2n) is 8.46. The Hall–Kier alpha value is -3.26. The van der Waals surface area contributed by atoms with E-state index in [0.717, 1.165) is 0 Å². The van der Waals surface area contributed by atoms with Gasteiger partial charge in [-0.25, -0.2) is 0 Å². The highest BCUT2D eigenvalue weighted by atomic mass is 16.4. The van der Waals surface area contributed by atoms with Crippen molar-refractivity contribution in [1.82, 2.24) is 21.3 Å². The van der Waals surface area contributed by atoms with Crippen LogP contribution in [0.1, 0.15) is 52.9 Å². The van der Waals surface area contributed by atoms with E-state index in [1.807, 2.05) is 0 Å². The highest BCUT2D eigenvalue weighted by molar-refractivity contribution is 5.95. The molecule has 0 aliphatic carbocycles. The normalized spacial score (nSPS) is 14.2. The third-order valence-electron chi connectivity index (χ3n) is 5.00. The minimum atomic E-state index is -1.24. The summed E-state index contributed by atoms with van der Waals surface area (Å²) in [5, 5.41) is 27.1. The summed E-state index contributed by atoms with van der Waals surface area (Å²) >= 11 is 0. The van der Waals surface area contributed by atoms with Crippen LogP contribution in [0.3, 0.4) is 0 Å². The number of hydrogen-bond acceptors (Lipinski definition) is 8. The molecule has 14 nitrogen and oxygen atoms in total. The first-order valence-corrected chi connectivity index (χ1v) is 11.4. The number of carboxylic acid groups (broad SMARTS) is 2. The molecule has 4 atom stereocenters.